The van der Waals surface area contributed by atoms with E-state index in [1.807, 2.05) is 6.07 Å². The van der Waals surface area contributed by atoms with Gasteiger partial charge in [-0.2, -0.15) is 0 Å². The monoisotopic (exact) mass is 245 g/mol. The first-order valence-corrected chi connectivity index (χ1v) is 6.17. The van der Waals surface area contributed by atoms with Crippen LogP contribution in [0.4, 0.5) is 4.39 Å². The van der Waals surface area contributed by atoms with E-state index in [0.717, 1.165) is 18.7 Å². The van der Waals surface area contributed by atoms with Gasteiger partial charge in [0, 0.05) is 24.1 Å². The predicted octanol–water partition coefficient (Wildman–Crippen LogP) is 3.58. The average molecular weight is 245 g/mol. The minimum Gasteiger partial charge on any atom is -0.464 e. The first-order chi connectivity index (χ1) is 8.59. The first-order valence-electron chi connectivity index (χ1n) is 6.17. The molecule has 0 saturated carbocycles. The zero-order valence-corrected chi connectivity index (χ0v) is 10.6. The highest BCUT2D eigenvalue weighted by Gasteiger charge is 2.28. The summed E-state index contributed by atoms with van der Waals surface area (Å²) in [5.41, 5.74) is 2.90. The van der Waals surface area contributed by atoms with E-state index in [1.54, 1.807) is 12.3 Å². The predicted molar refractivity (Wildman–Crippen MR) is 70.8 cm³/mol. The third kappa shape index (κ3) is 1.66. The highest BCUT2D eigenvalue weighted by molar-refractivity contribution is 5.91. The zero-order chi connectivity index (χ0) is 12.8. The maximum Gasteiger partial charge on any atom is 0.144 e. The van der Waals surface area contributed by atoms with Gasteiger partial charge in [-0.25, -0.2) is 4.39 Å². The largest absolute Gasteiger partial charge is 0.464 e. The van der Waals surface area contributed by atoms with E-state index in [4.69, 9.17) is 4.42 Å². The first kappa shape index (κ1) is 11.5. The Balaban J connectivity index is 2.23. The molecule has 1 aromatic carbocycles. The van der Waals surface area contributed by atoms with Crippen molar-refractivity contribution in [1.82, 2.24) is 5.32 Å². The quantitative estimate of drug-likeness (QED) is 0.830. The Morgan fingerprint density at radius 3 is 2.89 bits per heavy atom. The summed E-state index contributed by atoms with van der Waals surface area (Å²) in [6.07, 6.45) is 3.71. The van der Waals surface area contributed by atoms with Crippen LogP contribution in [0.25, 0.3) is 16.5 Å². The van der Waals surface area contributed by atoms with Crippen molar-refractivity contribution in [3.8, 4) is 0 Å². The summed E-state index contributed by atoms with van der Waals surface area (Å²) in [7, 11) is 0. The Labute approximate surface area is 105 Å². The summed E-state index contributed by atoms with van der Waals surface area (Å²) in [6.45, 7) is 6.13. The summed E-state index contributed by atoms with van der Waals surface area (Å²) >= 11 is 0. The molecule has 0 radical (unpaired) electrons. The summed E-state index contributed by atoms with van der Waals surface area (Å²) in [5, 5.41) is 3.91. The van der Waals surface area contributed by atoms with Crippen LogP contribution in [0.15, 0.2) is 35.0 Å². The van der Waals surface area contributed by atoms with E-state index < -0.39 is 0 Å². The number of hydrogen-bond donors (Lipinski definition) is 1. The lowest BCUT2D eigenvalue weighted by atomic mass is 9.78. The smallest absolute Gasteiger partial charge is 0.144 e. The van der Waals surface area contributed by atoms with Gasteiger partial charge in [0.25, 0.3) is 0 Å². The van der Waals surface area contributed by atoms with E-state index in [2.05, 4.69) is 25.2 Å². The van der Waals surface area contributed by atoms with Crippen molar-refractivity contribution in [3.63, 3.8) is 0 Å². The molecule has 0 fully saturated rings. The maximum absolute atomic E-state index is 13.7. The lowest BCUT2D eigenvalue weighted by molar-refractivity contribution is 0.445. The molecule has 1 aliphatic heterocycles. The third-order valence-corrected chi connectivity index (χ3v) is 3.60. The molecular weight excluding hydrogens is 229 g/mol. The third-order valence-electron chi connectivity index (χ3n) is 3.60. The summed E-state index contributed by atoms with van der Waals surface area (Å²) in [5.74, 6) is -0.227. The van der Waals surface area contributed by atoms with Gasteiger partial charge >= 0.3 is 0 Å². The molecule has 18 heavy (non-hydrogen) atoms. The molecule has 3 rings (SSSR count). The Kier molecular flexibility index (Phi) is 2.52. The van der Waals surface area contributed by atoms with E-state index in [-0.39, 0.29) is 11.2 Å². The number of benzene rings is 1. The molecule has 3 heteroatoms. The number of halogens is 1. The van der Waals surface area contributed by atoms with Gasteiger partial charge in [0.1, 0.15) is 11.4 Å². The SMILES string of the molecule is CC1(C)CNCC=C1c1ccc(F)c2ccoc12. The molecule has 0 saturated heterocycles. The Morgan fingerprint density at radius 1 is 1.28 bits per heavy atom. The number of fused-ring (bicyclic) bond motifs is 1. The van der Waals surface area contributed by atoms with Crippen LogP contribution >= 0.6 is 0 Å². The number of rotatable bonds is 1. The number of hydrogen-bond acceptors (Lipinski definition) is 2. The fourth-order valence-corrected chi connectivity index (χ4v) is 2.64. The van der Waals surface area contributed by atoms with Gasteiger partial charge in [0.2, 0.25) is 0 Å². The van der Waals surface area contributed by atoms with Crippen molar-refractivity contribution in [2.24, 2.45) is 5.41 Å². The van der Waals surface area contributed by atoms with E-state index >= 15 is 0 Å². The topological polar surface area (TPSA) is 25.2 Å². The molecule has 1 N–H and O–H groups in total. The highest BCUT2D eigenvalue weighted by Crippen LogP contribution is 2.39. The second kappa shape index (κ2) is 3.95. The van der Waals surface area contributed by atoms with Crippen molar-refractivity contribution in [3.05, 3.63) is 41.9 Å². The molecule has 1 aromatic heterocycles. The summed E-state index contributed by atoms with van der Waals surface area (Å²) < 4.78 is 19.1. The van der Waals surface area contributed by atoms with Crippen LogP contribution in [0, 0.1) is 11.2 Å². The van der Waals surface area contributed by atoms with Crippen molar-refractivity contribution >= 4 is 16.5 Å². The van der Waals surface area contributed by atoms with Gasteiger partial charge in [-0.05, 0) is 23.8 Å². The number of furan rings is 1. The van der Waals surface area contributed by atoms with Gasteiger partial charge in [-0.1, -0.05) is 19.9 Å². The molecule has 0 bridgehead atoms. The van der Waals surface area contributed by atoms with E-state index in [0.29, 0.717) is 11.0 Å². The van der Waals surface area contributed by atoms with Gasteiger partial charge in [0.05, 0.1) is 11.6 Å². The molecule has 0 atom stereocenters. The molecule has 0 aliphatic carbocycles. The van der Waals surface area contributed by atoms with Crippen molar-refractivity contribution in [1.29, 1.82) is 0 Å². The standard InChI is InChI=1S/C15H16FNO/c1-15(2)9-17-7-5-12(15)10-3-4-13(16)11-6-8-18-14(10)11/h3-6,8,17H,7,9H2,1-2H3. The number of nitrogens with one attached hydrogen (secondary N) is 1. The fraction of sp³-hybridized carbons (Fsp3) is 0.333. The minimum atomic E-state index is -0.227. The molecule has 0 unspecified atom stereocenters. The van der Waals surface area contributed by atoms with Crippen LogP contribution in [-0.4, -0.2) is 13.1 Å². The molecule has 1 aliphatic rings. The van der Waals surface area contributed by atoms with Crippen LogP contribution < -0.4 is 5.32 Å². The van der Waals surface area contributed by atoms with Crippen molar-refractivity contribution in [2.45, 2.75) is 13.8 Å². The van der Waals surface area contributed by atoms with E-state index in [9.17, 15) is 4.39 Å². The summed E-state index contributed by atoms with van der Waals surface area (Å²) in [6, 6.07) is 5.02. The average Bonchev–Trinajstić information content (AvgIpc) is 2.80. The molecule has 2 heterocycles. The maximum atomic E-state index is 13.7. The molecule has 2 nitrogen and oxygen atoms in total. The van der Waals surface area contributed by atoms with Gasteiger partial charge in [-0.3, -0.25) is 0 Å². The normalized spacial score (nSPS) is 18.9. The van der Waals surface area contributed by atoms with Gasteiger partial charge in [-0.15, -0.1) is 0 Å². The Bertz CT molecular complexity index is 624. The van der Waals surface area contributed by atoms with Crippen LogP contribution in [-0.2, 0) is 0 Å². The molecular formula is C15H16FNO. The van der Waals surface area contributed by atoms with Crippen LogP contribution in [0.2, 0.25) is 0 Å². The Hall–Kier alpha value is -1.61. The van der Waals surface area contributed by atoms with Crippen LogP contribution in [0.3, 0.4) is 0 Å². The lowest BCUT2D eigenvalue weighted by Gasteiger charge is -2.32. The summed E-state index contributed by atoms with van der Waals surface area (Å²) in [4.78, 5) is 0. The van der Waals surface area contributed by atoms with Gasteiger partial charge < -0.3 is 9.73 Å². The Morgan fingerprint density at radius 2 is 2.11 bits per heavy atom. The van der Waals surface area contributed by atoms with Gasteiger partial charge in [0.15, 0.2) is 0 Å². The van der Waals surface area contributed by atoms with Crippen LogP contribution in [0.5, 0.6) is 0 Å². The minimum absolute atomic E-state index is 0.0236. The van der Waals surface area contributed by atoms with Crippen LogP contribution in [0.1, 0.15) is 19.4 Å². The van der Waals surface area contributed by atoms with Crippen molar-refractivity contribution in [2.75, 3.05) is 13.1 Å². The fourth-order valence-electron chi connectivity index (χ4n) is 2.64. The van der Waals surface area contributed by atoms with Crippen molar-refractivity contribution < 1.29 is 8.81 Å². The second-order valence-corrected chi connectivity index (χ2v) is 5.39. The molecule has 0 spiro atoms. The second-order valence-electron chi connectivity index (χ2n) is 5.39. The molecule has 2 aromatic rings. The zero-order valence-electron chi connectivity index (χ0n) is 10.6. The highest BCUT2D eigenvalue weighted by atomic mass is 19.1. The molecule has 0 amide bonds. The van der Waals surface area contributed by atoms with E-state index in [1.165, 1.54) is 11.6 Å². The lowest BCUT2D eigenvalue weighted by Crippen LogP contribution is -2.35. The molecule has 94 valence electrons.